The van der Waals surface area contributed by atoms with Gasteiger partial charge in [-0.05, 0) is 50.9 Å². The van der Waals surface area contributed by atoms with Gasteiger partial charge in [-0.3, -0.25) is 9.59 Å². The molecule has 180 valence electrons. The number of hydrogen-bond acceptors (Lipinski definition) is 4. The average molecular weight is 450 g/mol. The summed E-state index contributed by atoms with van der Waals surface area (Å²) in [7, 11) is 0. The van der Waals surface area contributed by atoms with Crippen LogP contribution in [0.25, 0.3) is 0 Å². The standard InChI is InChI=1S/C25H40FN3O3/c1-16(2)25(9-7-18(12-25)27-22-8-10-32-15-21(22)26)24(31)29-14-19-11-20(29)13-28(19)23(30)17-5-3-4-6-17/h16-22,27H,3-15H2,1-2H3/t18-,19+,20+,21?,22?,25+/m1/s1. The van der Waals surface area contributed by atoms with E-state index in [4.69, 9.17) is 4.74 Å². The molecule has 2 aliphatic carbocycles. The molecule has 2 bridgehead atoms. The van der Waals surface area contributed by atoms with Crippen LogP contribution in [0.1, 0.15) is 71.6 Å². The van der Waals surface area contributed by atoms with Crippen molar-refractivity contribution in [1.29, 1.82) is 0 Å². The molecule has 0 aromatic rings. The molecule has 32 heavy (non-hydrogen) atoms. The van der Waals surface area contributed by atoms with Crippen LogP contribution in [0.5, 0.6) is 0 Å². The lowest BCUT2D eigenvalue weighted by atomic mass is 9.74. The smallest absolute Gasteiger partial charge is 0.229 e. The number of rotatable bonds is 5. The van der Waals surface area contributed by atoms with E-state index in [1.807, 2.05) is 0 Å². The number of carbonyl (C=O) groups is 2. The zero-order valence-electron chi connectivity index (χ0n) is 19.7. The van der Waals surface area contributed by atoms with Gasteiger partial charge in [-0.1, -0.05) is 26.7 Å². The lowest BCUT2D eigenvalue weighted by Gasteiger charge is -2.42. The molecule has 2 saturated carbocycles. The highest BCUT2D eigenvalue weighted by Gasteiger charge is 2.55. The zero-order valence-corrected chi connectivity index (χ0v) is 19.7. The molecule has 2 unspecified atom stereocenters. The number of fused-ring (bicyclic) bond motifs is 2. The fourth-order valence-electron chi connectivity index (χ4n) is 7.26. The summed E-state index contributed by atoms with van der Waals surface area (Å²) in [4.78, 5) is 31.1. The largest absolute Gasteiger partial charge is 0.378 e. The van der Waals surface area contributed by atoms with Crippen LogP contribution in [0.3, 0.4) is 0 Å². The van der Waals surface area contributed by atoms with Gasteiger partial charge in [-0.15, -0.1) is 0 Å². The normalized spacial score (nSPS) is 40.1. The second-order valence-electron chi connectivity index (χ2n) is 11.4. The Labute approximate surface area is 191 Å². The number of alkyl halides is 1. The molecule has 0 aromatic carbocycles. The molecule has 3 aliphatic heterocycles. The van der Waals surface area contributed by atoms with Crippen LogP contribution in [0, 0.1) is 17.3 Å². The van der Waals surface area contributed by atoms with Gasteiger partial charge < -0.3 is 19.9 Å². The number of carbonyl (C=O) groups excluding carboxylic acids is 2. The molecule has 5 rings (SSSR count). The molecule has 2 amide bonds. The molecular weight excluding hydrogens is 409 g/mol. The van der Waals surface area contributed by atoms with Gasteiger partial charge in [-0.25, -0.2) is 4.39 Å². The monoisotopic (exact) mass is 449 g/mol. The number of likely N-dealkylation sites (tertiary alicyclic amines) is 2. The average Bonchev–Trinajstić information content (AvgIpc) is 3.58. The Balaban J connectivity index is 1.23. The number of nitrogens with one attached hydrogen (secondary N) is 1. The van der Waals surface area contributed by atoms with Crippen molar-refractivity contribution in [3.63, 3.8) is 0 Å². The van der Waals surface area contributed by atoms with E-state index in [9.17, 15) is 14.0 Å². The second-order valence-corrected chi connectivity index (χ2v) is 11.4. The maximum absolute atomic E-state index is 14.3. The van der Waals surface area contributed by atoms with Gasteiger partial charge in [0.2, 0.25) is 11.8 Å². The third-order valence-corrected chi connectivity index (χ3v) is 9.31. The molecule has 5 aliphatic rings. The first-order chi connectivity index (χ1) is 15.4. The third-order valence-electron chi connectivity index (χ3n) is 9.31. The van der Waals surface area contributed by atoms with Crippen molar-refractivity contribution in [1.82, 2.24) is 15.1 Å². The minimum atomic E-state index is -0.966. The van der Waals surface area contributed by atoms with E-state index in [0.29, 0.717) is 32.0 Å². The van der Waals surface area contributed by atoms with Crippen molar-refractivity contribution in [2.75, 3.05) is 26.3 Å². The Hall–Kier alpha value is -1.21. The molecule has 0 radical (unpaired) electrons. The predicted octanol–water partition coefficient (Wildman–Crippen LogP) is 2.90. The van der Waals surface area contributed by atoms with E-state index in [1.54, 1.807) is 0 Å². The fraction of sp³-hybridized carbons (Fsp3) is 0.920. The summed E-state index contributed by atoms with van der Waals surface area (Å²) in [6, 6.07) is 0.394. The molecule has 0 spiro atoms. The van der Waals surface area contributed by atoms with Crippen LogP contribution in [-0.2, 0) is 14.3 Å². The first-order valence-corrected chi connectivity index (χ1v) is 13.0. The van der Waals surface area contributed by atoms with Crippen LogP contribution >= 0.6 is 0 Å². The number of ether oxygens (including phenoxy) is 1. The zero-order chi connectivity index (χ0) is 22.5. The number of nitrogens with zero attached hydrogens (tertiary/aromatic N) is 2. The molecule has 3 saturated heterocycles. The lowest BCUT2D eigenvalue weighted by molar-refractivity contribution is -0.150. The number of piperazine rings is 1. The van der Waals surface area contributed by atoms with Crippen molar-refractivity contribution in [2.45, 2.75) is 102 Å². The van der Waals surface area contributed by atoms with Crippen LogP contribution in [0.15, 0.2) is 0 Å². The molecule has 5 fully saturated rings. The molecular formula is C25H40FN3O3. The maximum Gasteiger partial charge on any atom is 0.229 e. The van der Waals surface area contributed by atoms with E-state index in [1.165, 1.54) is 12.8 Å². The Bertz CT molecular complexity index is 727. The number of hydrogen-bond donors (Lipinski definition) is 1. The van der Waals surface area contributed by atoms with Gasteiger partial charge in [0.05, 0.1) is 24.1 Å². The summed E-state index contributed by atoms with van der Waals surface area (Å²) < 4.78 is 19.5. The summed E-state index contributed by atoms with van der Waals surface area (Å²) in [5.74, 6) is 1.07. The van der Waals surface area contributed by atoms with E-state index >= 15 is 0 Å². The Kier molecular flexibility index (Phi) is 6.25. The molecule has 1 N–H and O–H groups in total. The van der Waals surface area contributed by atoms with Crippen molar-refractivity contribution in [3.05, 3.63) is 0 Å². The highest BCUT2D eigenvalue weighted by atomic mass is 19.1. The highest BCUT2D eigenvalue weighted by Crippen LogP contribution is 2.48. The summed E-state index contributed by atoms with van der Waals surface area (Å²) >= 11 is 0. The van der Waals surface area contributed by atoms with Crippen LogP contribution in [0.4, 0.5) is 4.39 Å². The Morgan fingerprint density at radius 3 is 2.44 bits per heavy atom. The molecule has 6 nitrogen and oxygen atoms in total. The van der Waals surface area contributed by atoms with E-state index in [0.717, 1.165) is 38.5 Å². The van der Waals surface area contributed by atoms with Gasteiger partial charge in [0.1, 0.15) is 6.17 Å². The topological polar surface area (TPSA) is 61.9 Å². The van der Waals surface area contributed by atoms with Gasteiger partial charge in [0, 0.05) is 37.7 Å². The summed E-state index contributed by atoms with van der Waals surface area (Å²) in [6.45, 7) is 6.51. The van der Waals surface area contributed by atoms with Gasteiger partial charge in [0.15, 0.2) is 0 Å². The highest BCUT2D eigenvalue weighted by molar-refractivity contribution is 5.85. The van der Waals surface area contributed by atoms with Crippen LogP contribution < -0.4 is 5.32 Å². The minimum absolute atomic E-state index is 0.162. The van der Waals surface area contributed by atoms with Gasteiger partial charge in [-0.2, -0.15) is 0 Å². The van der Waals surface area contributed by atoms with E-state index in [2.05, 4.69) is 29.0 Å². The molecule has 0 aromatic heterocycles. The summed E-state index contributed by atoms with van der Waals surface area (Å²) in [5.41, 5.74) is -0.376. The van der Waals surface area contributed by atoms with E-state index in [-0.39, 0.29) is 53.9 Å². The predicted molar refractivity (Wildman–Crippen MR) is 120 cm³/mol. The first-order valence-electron chi connectivity index (χ1n) is 13.0. The SMILES string of the molecule is CC(C)[C@]1(C(=O)N2C[C@@H]3C[C@H]2CN3C(=O)C2CCCC2)CC[C@@H](NC2CCOCC2F)C1. The van der Waals surface area contributed by atoms with Gasteiger partial charge >= 0.3 is 0 Å². The lowest BCUT2D eigenvalue weighted by Crippen LogP contribution is -2.56. The van der Waals surface area contributed by atoms with Gasteiger partial charge in [0.25, 0.3) is 0 Å². The fourth-order valence-corrected chi connectivity index (χ4v) is 7.26. The Morgan fingerprint density at radius 2 is 1.78 bits per heavy atom. The van der Waals surface area contributed by atoms with E-state index < -0.39 is 6.17 Å². The number of halogens is 1. The quantitative estimate of drug-likeness (QED) is 0.701. The van der Waals surface area contributed by atoms with Crippen LogP contribution in [0.2, 0.25) is 0 Å². The third kappa shape index (κ3) is 3.87. The molecule has 7 heteroatoms. The molecule has 3 heterocycles. The second kappa shape index (κ2) is 8.86. The number of amides is 2. The maximum atomic E-state index is 14.3. The minimum Gasteiger partial charge on any atom is -0.378 e. The molecule has 6 atom stereocenters. The summed E-state index contributed by atoms with van der Waals surface area (Å²) in [5, 5.41) is 3.53. The van der Waals surface area contributed by atoms with Crippen molar-refractivity contribution >= 4 is 11.8 Å². The van der Waals surface area contributed by atoms with Crippen molar-refractivity contribution in [3.8, 4) is 0 Å². The van der Waals surface area contributed by atoms with Crippen molar-refractivity contribution in [2.24, 2.45) is 17.3 Å². The first kappa shape index (κ1) is 22.6. The van der Waals surface area contributed by atoms with Crippen LogP contribution in [-0.4, -0.2) is 78.3 Å². The summed E-state index contributed by atoms with van der Waals surface area (Å²) in [6.07, 6.45) is 7.64. The Morgan fingerprint density at radius 1 is 1.06 bits per heavy atom. The van der Waals surface area contributed by atoms with Crippen molar-refractivity contribution < 1.29 is 18.7 Å².